The Morgan fingerprint density at radius 2 is 2.09 bits per heavy atom. The highest BCUT2D eigenvalue weighted by Gasteiger charge is 2.26. The lowest BCUT2D eigenvalue weighted by atomic mass is 9.99. The van der Waals surface area contributed by atoms with Crippen molar-refractivity contribution in [1.82, 2.24) is 20.5 Å². The number of urea groups is 1. The number of ether oxygens (including phenoxy) is 1. The minimum Gasteiger partial charge on any atom is -0.493 e. The van der Waals surface area contributed by atoms with Gasteiger partial charge in [0, 0.05) is 18.5 Å². The van der Waals surface area contributed by atoms with Gasteiger partial charge in [-0.2, -0.15) is 0 Å². The van der Waals surface area contributed by atoms with Gasteiger partial charge in [0.15, 0.2) is 0 Å². The van der Waals surface area contributed by atoms with Crippen molar-refractivity contribution in [3.05, 3.63) is 70.5 Å². The second-order valence-electron chi connectivity index (χ2n) is 8.76. The summed E-state index contributed by atoms with van der Waals surface area (Å²) in [4.78, 5) is 19.2. The molecule has 1 saturated heterocycles. The normalized spacial score (nSPS) is 16.2. The Morgan fingerprint density at radius 1 is 1.28 bits per heavy atom. The number of nitrogens with one attached hydrogen (secondary N) is 2. The molecule has 2 N–H and O–H groups in total. The van der Waals surface area contributed by atoms with Crippen LogP contribution >= 0.6 is 0 Å². The molecule has 2 aromatic rings. The first-order chi connectivity index (χ1) is 15.5. The molecule has 7 heteroatoms. The van der Waals surface area contributed by atoms with Gasteiger partial charge < -0.3 is 20.3 Å². The lowest BCUT2D eigenvalue weighted by Gasteiger charge is -2.34. The quantitative estimate of drug-likeness (QED) is 0.709. The molecule has 170 valence electrons. The van der Waals surface area contributed by atoms with Crippen molar-refractivity contribution in [3.8, 4) is 0 Å². The third-order valence-corrected chi connectivity index (χ3v) is 6.05. The molecule has 1 aromatic carbocycles. The molecule has 32 heavy (non-hydrogen) atoms. The number of benzene rings is 1. The fourth-order valence-corrected chi connectivity index (χ4v) is 4.15. The minimum absolute atomic E-state index is 0.123. The molecule has 6 nitrogen and oxygen atoms in total. The number of allylic oxidation sites excluding steroid dienone is 1. The van der Waals surface area contributed by atoms with Crippen LogP contribution in [0, 0.1) is 11.7 Å². The summed E-state index contributed by atoms with van der Waals surface area (Å²) in [6.45, 7) is 7.37. The number of hydrogen-bond acceptors (Lipinski definition) is 4. The van der Waals surface area contributed by atoms with E-state index in [-0.39, 0.29) is 17.9 Å². The summed E-state index contributed by atoms with van der Waals surface area (Å²) >= 11 is 0. The molecule has 0 spiro atoms. The van der Waals surface area contributed by atoms with Crippen molar-refractivity contribution in [3.63, 3.8) is 0 Å². The molecule has 0 bridgehead atoms. The highest BCUT2D eigenvalue weighted by atomic mass is 19.1. The Morgan fingerprint density at radius 3 is 2.81 bits per heavy atom. The molecule has 2 aliphatic heterocycles. The molecule has 4 rings (SSSR count). The van der Waals surface area contributed by atoms with Crippen LogP contribution in [0.15, 0.2) is 42.3 Å². The SMILES string of the molecule is CC(C)C1=Cc2cc(CNC(=O)N(Cc3ccc(F)cn3)C3CCNCC3)ccc2CO1. The maximum atomic E-state index is 13.3. The number of pyridine rings is 1. The molecule has 0 radical (unpaired) electrons. The van der Waals surface area contributed by atoms with Crippen LogP contribution in [0.25, 0.3) is 6.08 Å². The van der Waals surface area contributed by atoms with Gasteiger partial charge in [-0.25, -0.2) is 9.18 Å². The van der Waals surface area contributed by atoms with Crippen molar-refractivity contribution in [2.45, 2.75) is 52.4 Å². The van der Waals surface area contributed by atoms with Crippen molar-refractivity contribution in [2.24, 2.45) is 5.92 Å². The van der Waals surface area contributed by atoms with Crippen LogP contribution in [0.1, 0.15) is 49.1 Å². The summed E-state index contributed by atoms with van der Waals surface area (Å²) in [6.07, 6.45) is 5.06. The summed E-state index contributed by atoms with van der Waals surface area (Å²) in [5, 5.41) is 6.42. The number of amides is 2. The van der Waals surface area contributed by atoms with E-state index in [2.05, 4.69) is 47.7 Å². The van der Waals surface area contributed by atoms with Crippen molar-refractivity contribution < 1.29 is 13.9 Å². The molecular formula is C25H31FN4O2. The Balaban J connectivity index is 1.45. The van der Waals surface area contributed by atoms with Gasteiger partial charge in [-0.3, -0.25) is 4.98 Å². The number of carbonyl (C=O) groups excluding carboxylic acids is 1. The lowest BCUT2D eigenvalue weighted by Crippen LogP contribution is -2.49. The van der Waals surface area contributed by atoms with Crippen molar-refractivity contribution in [1.29, 1.82) is 0 Å². The van der Waals surface area contributed by atoms with Gasteiger partial charge in [0.25, 0.3) is 0 Å². The van der Waals surface area contributed by atoms with Crippen molar-refractivity contribution >= 4 is 12.1 Å². The van der Waals surface area contributed by atoms with E-state index in [0.29, 0.717) is 31.3 Å². The fourth-order valence-electron chi connectivity index (χ4n) is 4.15. The summed E-state index contributed by atoms with van der Waals surface area (Å²) in [5.41, 5.74) is 4.03. The van der Waals surface area contributed by atoms with Crippen LogP contribution in [0.4, 0.5) is 9.18 Å². The van der Waals surface area contributed by atoms with Gasteiger partial charge in [-0.1, -0.05) is 26.0 Å². The van der Waals surface area contributed by atoms with Gasteiger partial charge in [-0.05, 0) is 66.9 Å². The van der Waals surface area contributed by atoms with E-state index in [1.54, 1.807) is 6.07 Å². The van der Waals surface area contributed by atoms with Crippen LogP contribution in [-0.4, -0.2) is 35.0 Å². The lowest BCUT2D eigenvalue weighted by molar-refractivity contribution is 0.153. The van der Waals surface area contributed by atoms with E-state index in [4.69, 9.17) is 4.74 Å². The predicted molar refractivity (Wildman–Crippen MR) is 122 cm³/mol. The van der Waals surface area contributed by atoms with Crippen LogP contribution in [0.2, 0.25) is 0 Å². The van der Waals surface area contributed by atoms with Gasteiger partial charge in [0.2, 0.25) is 0 Å². The number of hydrogen-bond donors (Lipinski definition) is 2. The second-order valence-corrected chi connectivity index (χ2v) is 8.76. The first kappa shape index (κ1) is 22.3. The maximum absolute atomic E-state index is 13.3. The van der Waals surface area contributed by atoms with Crippen LogP contribution in [0.3, 0.4) is 0 Å². The van der Waals surface area contributed by atoms with Crippen LogP contribution in [-0.2, 0) is 24.4 Å². The largest absolute Gasteiger partial charge is 0.493 e. The average Bonchev–Trinajstić information content (AvgIpc) is 2.82. The van der Waals surface area contributed by atoms with Gasteiger partial charge in [-0.15, -0.1) is 0 Å². The Kier molecular flexibility index (Phi) is 7.05. The smallest absolute Gasteiger partial charge is 0.318 e. The topological polar surface area (TPSA) is 66.5 Å². The van der Waals surface area contributed by atoms with Crippen LogP contribution in [0.5, 0.6) is 0 Å². The van der Waals surface area contributed by atoms with Gasteiger partial charge in [0.1, 0.15) is 12.4 Å². The highest BCUT2D eigenvalue weighted by molar-refractivity contribution is 5.74. The zero-order valence-corrected chi connectivity index (χ0v) is 18.7. The second kappa shape index (κ2) is 10.1. The molecule has 0 unspecified atom stereocenters. The predicted octanol–water partition coefficient (Wildman–Crippen LogP) is 4.21. The molecular weight excluding hydrogens is 407 g/mol. The standard InChI is InChI=1S/C25H31FN4O2/c1-17(2)24-12-20-11-18(3-4-19(20)16-32-24)13-29-25(31)30(23-7-9-27-10-8-23)15-22-6-5-21(26)14-28-22/h3-6,11-12,14,17,23,27H,7-10,13,15-16H2,1-2H3,(H,29,31). The molecule has 2 amide bonds. The van der Waals surface area contributed by atoms with E-state index in [0.717, 1.165) is 48.4 Å². The van der Waals surface area contributed by atoms with E-state index >= 15 is 0 Å². The molecule has 2 aliphatic rings. The molecule has 3 heterocycles. The first-order valence-electron chi connectivity index (χ1n) is 11.3. The van der Waals surface area contributed by atoms with E-state index in [9.17, 15) is 9.18 Å². The summed E-state index contributed by atoms with van der Waals surface area (Å²) in [5.74, 6) is 0.951. The zero-order chi connectivity index (χ0) is 22.5. The number of piperidine rings is 1. The number of fused-ring (bicyclic) bond motifs is 1. The van der Waals surface area contributed by atoms with Gasteiger partial charge >= 0.3 is 6.03 Å². The van der Waals surface area contributed by atoms with E-state index in [1.807, 2.05) is 11.0 Å². The Hall–Kier alpha value is -2.93. The van der Waals surface area contributed by atoms with Gasteiger partial charge in [0.05, 0.1) is 24.2 Å². The summed E-state index contributed by atoms with van der Waals surface area (Å²) in [7, 11) is 0. The molecule has 1 aromatic heterocycles. The van der Waals surface area contributed by atoms with Crippen molar-refractivity contribution in [2.75, 3.05) is 13.1 Å². The fraction of sp³-hybridized carbons (Fsp3) is 0.440. The molecule has 0 aliphatic carbocycles. The molecule has 1 fully saturated rings. The minimum atomic E-state index is -0.376. The number of rotatable bonds is 6. The zero-order valence-electron chi connectivity index (χ0n) is 18.7. The third-order valence-electron chi connectivity index (χ3n) is 6.05. The Labute approximate surface area is 188 Å². The number of nitrogens with zero attached hydrogens (tertiary/aromatic N) is 2. The van der Waals surface area contributed by atoms with Crippen LogP contribution < -0.4 is 10.6 Å². The molecule has 0 saturated carbocycles. The van der Waals surface area contributed by atoms with E-state index in [1.165, 1.54) is 12.3 Å². The summed E-state index contributed by atoms with van der Waals surface area (Å²) in [6, 6.07) is 9.25. The number of aromatic nitrogens is 1. The monoisotopic (exact) mass is 438 g/mol. The average molecular weight is 439 g/mol. The third kappa shape index (κ3) is 5.46. The first-order valence-corrected chi connectivity index (χ1v) is 11.3. The maximum Gasteiger partial charge on any atom is 0.318 e. The molecule has 0 atom stereocenters. The summed E-state index contributed by atoms with van der Waals surface area (Å²) < 4.78 is 19.1. The Bertz CT molecular complexity index is 968. The van der Waals surface area contributed by atoms with E-state index < -0.39 is 0 Å². The number of carbonyl (C=O) groups is 1. The highest BCUT2D eigenvalue weighted by Crippen LogP contribution is 2.27. The number of halogens is 1.